The highest BCUT2D eigenvalue weighted by Gasteiger charge is 2.40. The van der Waals surface area contributed by atoms with Gasteiger partial charge in [-0.3, -0.25) is 9.59 Å². The van der Waals surface area contributed by atoms with Gasteiger partial charge in [-0.1, -0.05) is 71.4 Å². The van der Waals surface area contributed by atoms with Gasteiger partial charge in [0.15, 0.2) is 0 Å². The summed E-state index contributed by atoms with van der Waals surface area (Å²) < 4.78 is 5.98. The number of amides is 2. The van der Waals surface area contributed by atoms with E-state index in [2.05, 4.69) is 0 Å². The second-order valence-electron chi connectivity index (χ2n) is 6.71. The van der Waals surface area contributed by atoms with Gasteiger partial charge >= 0.3 is 0 Å². The van der Waals surface area contributed by atoms with Crippen LogP contribution in [-0.2, 0) is 17.8 Å². The van der Waals surface area contributed by atoms with Gasteiger partial charge in [0.2, 0.25) is 5.91 Å². The number of carbonyl (C=O) groups is 2. The second-order valence-corrected chi connectivity index (χ2v) is 8.71. The molecular weight excluding hydrogens is 441 g/mol. The molecule has 4 rings (SSSR count). The summed E-state index contributed by atoms with van der Waals surface area (Å²) in [5, 5.41) is 0.382. The number of anilines is 1. The Balaban J connectivity index is 1.49. The van der Waals surface area contributed by atoms with Crippen LogP contribution in [0, 0.1) is 0 Å². The Morgan fingerprint density at radius 3 is 2.27 bits per heavy atom. The number of imide groups is 1. The molecule has 3 aromatic carbocycles. The van der Waals surface area contributed by atoms with Crippen molar-refractivity contribution in [2.24, 2.45) is 0 Å². The topological polar surface area (TPSA) is 46.6 Å². The van der Waals surface area contributed by atoms with Gasteiger partial charge < -0.3 is 4.74 Å². The normalized spacial score (nSPS) is 16.2. The van der Waals surface area contributed by atoms with E-state index in [0.717, 1.165) is 22.9 Å². The first-order chi connectivity index (χ1) is 14.5. The van der Waals surface area contributed by atoms with E-state index in [9.17, 15) is 9.59 Å². The first-order valence-corrected chi connectivity index (χ1v) is 10.9. The van der Waals surface area contributed by atoms with Crippen molar-refractivity contribution in [3.63, 3.8) is 0 Å². The summed E-state index contributed by atoms with van der Waals surface area (Å²) >= 11 is 13.1. The number of rotatable bonds is 6. The molecule has 1 saturated heterocycles. The fourth-order valence-electron chi connectivity index (χ4n) is 3.19. The monoisotopic (exact) mass is 457 g/mol. The van der Waals surface area contributed by atoms with E-state index in [1.54, 1.807) is 24.3 Å². The van der Waals surface area contributed by atoms with Gasteiger partial charge in [0.25, 0.3) is 5.24 Å². The van der Waals surface area contributed by atoms with E-state index in [1.807, 2.05) is 48.5 Å². The summed E-state index contributed by atoms with van der Waals surface area (Å²) in [6, 6.07) is 21.7. The molecule has 1 aliphatic rings. The minimum atomic E-state index is -0.516. The zero-order chi connectivity index (χ0) is 21.1. The van der Waals surface area contributed by atoms with Crippen LogP contribution >= 0.6 is 35.0 Å². The van der Waals surface area contributed by atoms with Crippen LogP contribution < -0.4 is 9.64 Å². The van der Waals surface area contributed by atoms with Crippen LogP contribution in [0.5, 0.6) is 5.75 Å². The molecule has 0 aliphatic carbocycles. The van der Waals surface area contributed by atoms with Crippen LogP contribution in [0.15, 0.2) is 72.8 Å². The van der Waals surface area contributed by atoms with E-state index in [-0.39, 0.29) is 11.1 Å². The Hall–Kier alpha value is -2.47. The highest BCUT2D eigenvalue weighted by Crippen LogP contribution is 2.35. The van der Waals surface area contributed by atoms with Crippen LogP contribution in [-0.4, -0.2) is 16.4 Å². The van der Waals surface area contributed by atoms with Crippen molar-refractivity contribution in [2.45, 2.75) is 18.3 Å². The van der Waals surface area contributed by atoms with Crippen molar-refractivity contribution in [2.75, 3.05) is 4.90 Å². The van der Waals surface area contributed by atoms with Crippen molar-refractivity contribution < 1.29 is 14.3 Å². The van der Waals surface area contributed by atoms with Crippen LogP contribution in [0.25, 0.3) is 0 Å². The number of nitrogens with zero attached hydrogens (tertiary/aromatic N) is 1. The Morgan fingerprint density at radius 1 is 0.867 bits per heavy atom. The highest BCUT2D eigenvalue weighted by atomic mass is 35.5. The lowest BCUT2D eigenvalue weighted by Crippen LogP contribution is -2.32. The number of thioether (sulfide) groups is 1. The Kier molecular flexibility index (Phi) is 6.32. The largest absolute Gasteiger partial charge is 0.489 e. The van der Waals surface area contributed by atoms with Gasteiger partial charge in [-0.25, -0.2) is 4.90 Å². The van der Waals surface area contributed by atoms with Crippen molar-refractivity contribution in [1.82, 2.24) is 0 Å². The quantitative estimate of drug-likeness (QED) is 0.430. The van der Waals surface area contributed by atoms with Crippen LogP contribution in [0.2, 0.25) is 10.0 Å². The van der Waals surface area contributed by atoms with Crippen LogP contribution in [0.1, 0.15) is 11.1 Å². The molecular formula is C23H17Cl2NO3S. The first kappa shape index (κ1) is 20.8. The zero-order valence-corrected chi connectivity index (χ0v) is 18.1. The Labute approximate surface area is 188 Å². The SMILES string of the molecule is O=C1S[C@H](Cc2ccccc2OCc2ccccc2Cl)C(=O)N1c1ccc(Cl)cc1. The predicted molar refractivity (Wildman–Crippen MR) is 122 cm³/mol. The second kappa shape index (κ2) is 9.13. The molecule has 4 nitrogen and oxygen atoms in total. The molecule has 152 valence electrons. The molecule has 1 fully saturated rings. The van der Waals surface area contributed by atoms with Gasteiger partial charge in [-0.05, 0) is 48.4 Å². The molecule has 1 aliphatic heterocycles. The van der Waals surface area contributed by atoms with Crippen LogP contribution in [0.3, 0.4) is 0 Å². The lowest BCUT2D eigenvalue weighted by Gasteiger charge is -2.15. The standard InChI is InChI=1S/C23H17Cl2NO3S/c24-17-9-11-18(12-10-17)26-22(27)21(30-23(26)28)13-15-5-2-4-8-20(15)29-14-16-6-1-3-7-19(16)25/h1-12,21H,13-14H2/t21-/m1/s1. The third-order valence-electron chi connectivity index (χ3n) is 4.73. The summed E-state index contributed by atoms with van der Waals surface area (Å²) in [4.78, 5) is 26.6. The number of benzene rings is 3. The van der Waals surface area contributed by atoms with E-state index < -0.39 is 5.25 Å². The van der Waals surface area contributed by atoms with Crippen molar-refractivity contribution in [3.05, 3.63) is 94.0 Å². The molecule has 0 radical (unpaired) electrons. The molecule has 30 heavy (non-hydrogen) atoms. The maximum absolute atomic E-state index is 12.9. The molecule has 2 amide bonds. The van der Waals surface area contributed by atoms with Crippen molar-refractivity contribution in [1.29, 1.82) is 0 Å². The molecule has 1 heterocycles. The van der Waals surface area contributed by atoms with Crippen LogP contribution in [0.4, 0.5) is 10.5 Å². The van der Waals surface area contributed by atoms with Gasteiger partial charge in [-0.2, -0.15) is 0 Å². The van der Waals surface area contributed by atoms with Gasteiger partial charge in [0, 0.05) is 15.6 Å². The maximum Gasteiger partial charge on any atom is 0.293 e. The summed E-state index contributed by atoms with van der Waals surface area (Å²) in [6.07, 6.45) is 0.387. The molecule has 0 unspecified atom stereocenters. The van der Waals surface area contributed by atoms with E-state index >= 15 is 0 Å². The van der Waals surface area contributed by atoms with Gasteiger partial charge in [-0.15, -0.1) is 0 Å². The number of halogens is 2. The molecule has 0 N–H and O–H groups in total. The predicted octanol–water partition coefficient (Wildman–Crippen LogP) is 6.38. The molecule has 0 aromatic heterocycles. The third kappa shape index (κ3) is 4.48. The molecule has 0 bridgehead atoms. The summed E-state index contributed by atoms with van der Waals surface area (Å²) in [6.45, 7) is 0.318. The minimum absolute atomic E-state index is 0.242. The summed E-state index contributed by atoms with van der Waals surface area (Å²) in [7, 11) is 0. The van der Waals surface area contributed by atoms with E-state index in [0.29, 0.717) is 34.5 Å². The number of carbonyl (C=O) groups excluding carboxylic acids is 2. The smallest absolute Gasteiger partial charge is 0.293 e. The average Bonchev–Trinajstić information content (AvgIpc) is 3.02. The third-order valence-corrected chi connectivity index (χ3v) is 6.38. The van der Waals surface area contributed by atoms with E-state index in [4.69, 9.17) is 27.9 Å². The van der Waals surface area contributed by atoms with Crippen molar-refractivity contribution in [3.8, 4) is 5.75 Å². The number of para-hydroxylation sites is 1. The minimum Gasteiger partial charge on any atom is -0.489 e. The average molecular weight is 458 g/mol. The Bertz CT molecular complexity index is 1090. The lowest BCUT2D eigenvalue weighted by atomic mass is 10.1. The van der Waals surface area contributed by atoms with Gasteiger partial charge in [0.05, 0.1) is 10.9 Å². The maximum atomic E-state index is 12.9. The van der Waals surface area contributed by atoms with Gasteiger partial charge in [0.1, 0.15) is 12.4 Å². The fourth-order valence-corrected chi connectivity index (χ4v) is 4.52. The first-order valence-electron chi connectivity index (χ1n) is 9.27. The summed E-state index contributed by atoms with van der Waals surface area (Å²) in [5.74, 6) is 0.427. The number of hydrogen-bond acceptors (Lipinski definition) is 4. The van der Waals surface area contributed by atoms with E-state index in [1.165, 1.54) is 4.90 Å². The fraction of sp³-hybridized carbons (Fsp3) is 0.130. The number of hydrogen-bond donors (Lipinski definition) is 0. The molecule has 0 spiro atoms. The van der Waals surface area contributed by atoms with Crippen molar-refractivity contribution >= 4 is 51.8 Å². The highest BCUT2D eigenvalue weighted by molar-refractivity contribution is 8.15. The Morgan fingerprint density at radius 2 is 1.53 bits per heavy atom. The number of ether oxygens (including phenoxy) is 1. The molecule has 1 atom stereocenters. The summed E-state index contributed by atoms with van der Waals surface area (Å²) in [5.41, 5.74) is 2.26. The molecule has 0 saturated carbocycles. The molecule has 7 heteroatoms. The molecule has 3 aromatic rings. The zero-order valence-electron chi connectivity index (χ0n) is 15.8. The lowest BCUT2D eigenvalue weighted by molar-refractivity contribution is -0.117.